The summed E-state index contributed by atoms with van der Waals surface area (Å²) in [6.45, 7) is 2.01. The first kappa shape index (κ1) is 14.9. The van der Waals surface area contributed by atoms with Crippen LogP contribution in [-0.2, 0) is 0 Å². The molecule has 1 unspecified atom stereocenters. The molecule has 1 atom stereocenters. The molecule has 0 spiro atoms. The zero-order valence-electron chi connectivity index (χ0n) is 11.0. The molecule has 2 rings (SSSR count). The summed E-state index contributed by atoms with van der Waals surface area (Å²) in [5.74, 6) is 0.575. The lowest BCUT2D eigenvalue weighted by Gasteiger charge is -2.17. The number of nitrogens with one attached hydrogen (secondary N) is 1. The van der Waals surface area contributed by atoms with Crippen LogP contribution in [0.1, 0.15) is 18.5 Å². The van der Waals surface area contributed by atoms with E-state index in [0.717, 1.165) is 15.7 Å². The van der Waals surface area contributed by atoms with Crippen LogP contribution in [0.2, 0.25) is 5.15 Å². The van der Waals surface area contributed by atoms with E-state index in [0.29, 0.717) is 10.9 Å². The summed E-state index contributed by atoms with van der Waals surface area (Å²) in [4.78, 5) is 4.06. The first-order chi connectivity index (χ1) is 9.51. The van der Waals surface area contributed by atoms with Gasteiger partial charge in [-0.1, -0.05) is 17.7 Å². The number of pyridine rings is 1. The number of hydrogen-bond donors (Lipinski definition) is 2. The molecule has 1 aromatic heterocycles. The number of phenols is 1. The maximum absolute atomic E-state index is 9.60. The molecule has 0 aliphatic carbocycles. The number of aromatic hydroxyl groups is 1. The number of hydrogen-bond acceptors (Lipinski definition) is 4. The van der Waals surface area contributed by atoms with Crippen molar-refractivity contribution in [1.29, 1.82) is 0 Å². The van der Waals surface area contributed by atoms with E-state index in [1.165, 1.54) is 7.11 Å². The molecule has 6 heteroatoms. The molecule has 0 bridgehead atoms. The molecule has 0 radical (unpaired) electrons. The second-order valence-electron chi connectivity index (χ2n) is 4.29. The van der Waals surface area contributed by atoms with Gasteiger partial charge in [0.1, 0.15) is 5.15 Å². The van der Waals surface area contributed by atoms with Gasteiger partial charge in [-0.25, -0.2) is 4.98 Å². The predicted octanol–water partition coefficient (Wildman–Crippen LogP) is 4.38. The normalized spacial score (nSPS) is 12.0. The molecule has 0 saturated heterocycles. The average molecular weight is 358 g/mol. The zero-order chi connectivity index (χ0) is 14.7. The minimum absolute atomic E-state index is 0.0272. The lowest BCUT2D eigenvalue weighted by Crippen LogP contribution is -2.07. The van der Waals surface area contributed by atoms with Crippen molar-refractivity contribution < 1.29 is 9.84 Å². The summed E-state index contributed by atoms with van der Waals surface area (Å²) in [6, 6.07) is 7.14. The fraction of sp³-hybridized carbons (Fsp3) is 0.214. The van der Waals surface area contributed by atoms with Gasteiger partial charge >= 0.3 is 0 Å². The maximum Gasteiger partial charge on any atom is 0.160 e. The summed E-state index contributed by atoms with van der Waals surface area (Å²) in [5.41, 5.74) is 1.84. The van der Waals surface area contributed by atoms with Crippen molar-refractivity contribution >= 4 is 33.2 Å². The van der Waals surface area contributed by atoms with Gasteiger partial charge in [0.15, 0.2) is 11.5 Å². The molecule has 2 aromatic rings. The summed E-state index contributed by atoms with van der Waals surface area (Å²) >= 11 is 9.20. The molecule has 1 aromatic carbocycles. The van der Waals surface area contributed by atoms with Crippen molar-refractivity contribution in [3.8, 4) is 11.5 Å². The third kappa shape index (κ3) is 3.35. The Morgan fingerprint density at radius 1 is 1.40 bits per heavy atom. The van der Waals surface area contributed by atoms with Gasteiger partial charge in [0.2, 0.25) is 0 Å². The number of phenolic OH excluding ortho intramolecular Hbond substituents is 1. The van der Waals surface area contributed by atoms with Gasteiger partial charge in [0.05, 0.1) is 23.5 Å². The van der Waals surface area contributed by atoms with Crippen molar-refractivity contribution in [2.75, 3.05) is 12.4 Å². The number of nitrogens with zero attached hydrogens (tertiary/aromatic N) is 1. The first-order valence-electron chi connectivity index (χ1n) is 5.95. The monoisotopic (exact) mass is 356 g/mol. The summed E-state index contributed by atoms with van der Waals surface area (Å²) < 4.78 is 5.84. The summed E-state index contributed by atoms with van der Waals surface area (Å²) in [6.07, 6.45) is 1.67. The number of benzene rings is 1. The number of anilines is 1. The van der Waals surface area contributed by atoms with Crippen molar-refractivity contribution in [3.05, 3.63) is 45.7 Å². The molecule has 2 N–H and O–H groups in total. The van der Waals surface area contributed by atoms with Gasteiger partial charge in [-0.05, 0) is 46.6 Å². The van der Waals surface area contributed by atoms with E-state index in [9.17, 15) is 5.11 Å². The quantitative estimate of drug-likeness (QED) is 0.797. The topological polar surface area (TPSA) is 54.4 Å². The third-order valence-corrected chi connectivity index (χ3v) is 4.02. The van der Waals surface area contributed by atoms with E-state index >= 15 is 0 Å². The largest absolute Gasteiger partial charge is 0.504 e. The fourth-order valence-electron chi connectivity index (χ4n) is 1.80. The number of methoxy groups -OCH3 is 1. The highest BCUT2D eigenvalue weighted by atomic mass is 79.9. The zero-order valence-corrected chi connectivity index (χ0v) is 13.4. The number of ether oxygens (including phenoxy) is 1. The molecule has 0 amide bonds. The van der Waals surface area contributed by atoms with E-state index in [1.54, 1.807) is 18.3 Å². The second-order valence-corrected chi connectivity index (χ2v) is 5.51. The third-order valence-electron chi connectivity index (χ3n) is 2.88. The SMILES string of the molecule is COc1cc(C(C)Nc2cnc(Cl)c(Br)c2)ccc1O. The van der Waals surface area contributed by atoms with Crippen LogP contribution in [-0.4, -0.2) is 17.2 Å². The molecule has 106 valence electrons. The Morgan fingerprint density at radius 2 is 2.15 bits per heavy atom. The summed E-state index contributed by atoms with van der Waals surface area (Å²) in [5, 5.41) is 13.3. The molecule has 0 aliphatic rings. The summed E-state index contributed by atoms with van der Waals surface area (Å²) in [7, 11) is 1.52. The molecule has 20 heavy (non-hydrogen) atoms. The smallest absolute Gasteiger partial charge is 0.160 e. The average Bonchev–Trinajstić information content (AvgIpc) is 2.43. The number of halogens is 2. The molecular weight excluding hydrogens is 344 g/mol. The lowest BCUT2D eigenvalue weighted by molar-refractivity contribution is 0.373. The molecule has 0 fully saturated rings. The van der Waals surface area contributed by atoms with Crippen LogP contribution >= 0.6 is 27.5 Å². The van der Waals surface area contributed by atoms with E-state index in [-0.39, 0.29) is 11.8 Å². The van der Waals surface area contributed by atoms with E-state index in [1.807, 2.05) is 19.1 Å². The Kier molecular flexibility index (Phi) is 4.73. The Bertz CT molecular complexity index is 622. The van der Waals surface area contributed by atoms with Crippen LogP contribution in [0.25, 0.3) is 0 Å². The van der Waals surface area contributed by atoms with Gasteiger partial charge in [0.25, 0.3) is 0 Å². The van der Waals surface area contributed by atoms with Crippen molar-refractivity contribution in [2.24, 2.45) is 0 Å². The standard InChI is InChI=1S/C14H14BrClN2O2/c1-8(9-3-4-12(19)13(5-9)20-2)18-10-6-11(15)14(16)17-7-10/h3-8,18-19H,1-2H3. The minimum atomic E-state index is 0.0272. The lowest BCUT2D eigenvalue weighted by atomic mass is 10.1. The van der Waals surface area contributed by atoms with Crippen LogP contribution < -0.4 is 10.1 Å². The Labute approximate surface area is 130 Å². The predicted molar refractivity (Wildman–Crippen MR) is 83.6 cm³/mol. The van der Waals surface area contributed by atoms with Gasteiger partial charge in [-0.3, -0.25) is 0 Å². The Balaban J connectivity index is 2.19. The van der Waals surface area contributed by atoms with Gasteiger partial charge in [-0.2, -0.15) is 0 Å². The Hall–Kier alpha value is -1.46. The van der Waals surface area contributed by atoms with Gasteiger partial charge in [-0.15, -0.1) is 0 Å². The van der Waals surface area contributed by atoms with Gasteiger partial charge < -0.3 is 15.2 Å². The molecule has 0 saturated carbocycles. The minimum Gasteiger partial charge on any atom is -0.504 e. The second kappa shape index (κ2) is 6.33. The van der Waals surface area contributed by atoms with Crippen molar-refractivity contribution in [1.82, 2.24) is 4.98 Å². The molecule has 1 heterocycles. The van der Waals surface area contributed by atoms with Crippen LogP contribution in [0.4, 0.5) is 5.69 Å². The number of rotatable bonds is 4. The fourth-order valence-corrected chi connectivity index (χ4v) is 2.25. The molecule has 0 aliphatic heterocycles. The van der Waals surface area contributed by atoms with E-state index in [2.05, 4.69) is 26.2 Å². The molecular formula is C14H14BrClN2O2. The highest BCUT2D eigenvalue weighted by Gasteiger charge is 2.10. The highest BCUT2D eigenvalue weighted by Crippen LogP contribution is 2.31. The first-order valence-corrected chi connectivity index (χ1v) is 7.13. The van der Waals surface area contributed by atoms with Crippen LogP contribution in [0, 0.1) is 0 Å². The van der Waals surface area contributed by atoms with E-state index in [4.69, 9.17) is 16.3 Å². The van der Waals surface area contributed by atoms with Crippen molar-refractivity contribution in [2.45, 2.75) is 13.0 Å². The highest BCUT2D eigenvalue weighted by molar-refractivity contribution is 9.10. The molecule has 4 nitrogen and oxygen atoms in total. The Morgan fingerprint density at radius 3 is 2.80 bits per heavy atom. The van der Waals surface area contributed by atoms with Crippen LogP contribution in [0.5, 0.6) is 11.5 Å². The van der Waals surface area contributed by atoms with Crippen LogP contribution in [0.3, 0.4) is 0 Å². The van der Waals surface area contributed by atoms with Crippen LogP contribution in [0.15, 0.2) is 34.9 Å². The van der Waals surface area contributed by atoms with E-state index < -0.39 is 0 Å². The van der Waals surface area contributed by atoms with Crippen molar-refractivity contribution in [3.63, 3.8) is 0 Å². The maximum atomic E-state index is 9.60. The number of aromatic nitrogens is 1. The van der Waals surface area contributed by atoms with Gasteiger partial charge in [0, 0.05) is 6.04 Å².